The summed E-state index contributed by atoms with van der Waals surface area (Å²) in [6.07, 6.45) is 2.27. The fourth-order valence-electron chi connectivity index (χ4n) is 3.57. The van der Waals surface area contributed by atoms with Crippen molar-refractivity contribution in [3.05, 3.63) is 35.4 Å². The molecular weight excluding hydrogens is 334 g/mol. The van der Waals surface area contributed by atoms with Crippen LogP contribution in [0.15, 0.2) is 24.3 Å². The molecule has 2 aliphatic heterocycles. The van der Waals surface area contributed by atoms with Crippen LogP contribution in [0, 0.1) is 0 Å². The number of nitrogens with zero attached hydrogens (tertiary/aromatic N) is 3. The molecule has 0 unspecified atom stereocenters. The lowest BCUT2D eigenvalue weighted by Crippen LogP contribution is -2.51. The van der Waals surface area contributed by atoms with Crippen LogP contribution in [0.3, 0.4) is 0 Å². The lowest BCUT2D eigenvalue weighted by atomic mass is 10.0. The molecule has 1 N–H and O–H groups in total. The zero-order valence-electron chi connectivity index (χ0n) is 14.9. The third kappa shape index (κ3) is 4.40. The van der Waals surface area contributed by atoms with E-state index in [1.54, 1.807) is 23.1 Å². The number of carboxylic acid groups (broad SMARTS) is 1. The lowest BCUT2D eigenvalue weighted by molar-refractivity contribution is -0.134. The predicted molar refractivity (Wildman–Crippen MR) is 95.9 cm³/mol. The number of hydrogen-bond acceptors (Lipinski definition) is 4. The lowest BCUT2D eigenvalue weighted by Gasteiger charge is -2.35. The number of carboxylic acids is 1. The molecule has 26 heavy (non-hydrogen) atoms. The smallest absolute Gasteiger partial charge is 0.335 e. The fourth-order valence-corrected chi connectivity index (χ4v) is 3.57. The van der Waals surface area contributed by atoms with Crippen LogP contribution in [0.2, 0.25) is 0 Å². The van der Waals surface area contributed by atoms with Crippen LogP contribution in [0.4, 0.5) is 0 Å². The molecule has 2 fully saturated rings. The second kappa shape index (κ2) is 8.31. The number of benzene rings is 1. The average Bonchev–Trinajstić information content (AvgIpc) is 3.17. The Kier molecular flexibility index (Phi) is 5.88. The van der Waals surface area contributed by atoms with Gasteiger partial charge in [-0.15, -0.1) is 0 Å². The van der Waals surface area contributed by atoms with E-state index in [1.807, 2.05) is 4.90 Å². The molecule has 140 valence electrons. The second-order valence-corrected chi connectivity index (χ2v) is 6.88. The average molecular weight is 359 g/mol. The molecule has 2 saturated heterocycles. The van der Waals surface area contributed by atoms with E-state index in [0.29, 0.717) is 38.3 Å². The van der Waals surface area contributed by atoms with Crippen molar-refractivity contribution >= 4 is 17.8 Å². The quantitative estimate of drug-likeness (QED) is 0.837. The van der Waals surface area contributed by atoms with Gasteiger partial charge in [0.1, 0.15) is 0 Å². The van der Waals surface area contributed by atoms with E-state index in [1.165, 1.54) is 6.07 Å². The van der Waals surface area contributed by atoms with Gasteiger partial charge in [-0.3, -0.25) is 14.5 Å². The van der Waals surface area contributed by atoms with Crippen LogP contribution in [0.5, 0.6) is 0 Å². The Balaban J connectivity index is 1.49. The molecule has 0 aliphatic carbocycles. The highest BCUT2D eigenvalue weighted by atomic mass is 16.4. The molecule has 1 aromatic carbocycles. The van der Waals surface area contributed by atoms with E-state index >= 15 is 0 Å². The summed E-state index contributed by atoms with van der Waals surface area (Å²) in [4.78, 5) is 41.8. The third-order valence-electron chi connectivity index (χ3n) is 5.13. The highest BCUT2D eigenvalue weighted by molar-refractivity contribution is 5.91. The Hall–Kier alpha value is -2.41. The summed E-state index contributed by atoms with van der Waals surface area (Å²) in [6.45, 7) is 4.63. The van der Waals surface area contributed by atoms with Gasteiger partial charge < -0.3 is 14.9 Å². The van der Waals surface area contributed by atoms with Crippen molar-refractivity contribution in [3.8, 4) is 0 Å². The molecule has 2 amide bonds. The molecule has 7 heteroatoms. The topological polar surface area (TPSA) is 81.2 Å². The number of carbonyl (C=O) groups excluding carboxylic acids is 2. The van der Waals surface area contributed by atoms with Crippen LogP contribution < -0.4 is 0 Å². The first-order chi connectivity index (χ1) is 12.5. The summed E-state index contributed by atoms with van der Waals surface area (Å²) in [5.41, 5.74) is 0.715. The Labute approximate surface area is 153 Å². The third-order valence-corrected chi connectivity index (χ3v) is 5.13. The van der Waals surface area contributed by atoms with E-state index in [2.05, 4.69) is 4.90 Å². The highest BCUT2D eigenvalue weighted by Crippen LogP contribution is 2.13. The standard InChI is InChI=1S/C19H25N3O4/c23-17(13-15-5-1-2-6-16(15)19(25)26)22-11-9-20(10-12-22)14-18(24)21-7-3-4-8-21/h1-2,5-6H,3-4,7-14H2,(H,25,26). The van der Waals surface area contributed by atoms with Crippen molar-refractivity contribution in [1.82, 2.24) is 14.7 Å². The fraction of sp³-hybridized carbons (Fsp3) is 0.526. The highest BCUT2D eigenvalue weighted by Gasteiger charge is 2.25. The number of carbonyl (C=O) groups is 3. The van der Waals surface area contributed by atoms with Crippen molar-refractivity contribution in [2.24, 2.45) is 0 Å². The molecular formula is C19H25N3O4. The maximum absolute atomic E-state index is 12.5. The first-order valence-corrected chi connectivity index (χ1v) is 9.13. The second-order valence-electron chi connectivity index (χ2n) is 6.88. The van der Waals surface area contributed by atoms with Gasteiger partial charge in [0, 0.05) is 39.3 Å². The van der Waals surface area contributed by atoms with Crippen molar-refractivity contribution in [2.45, 2.75) is 19.3 Å². The largest absolute Gasteiger partial charge is 0.478 e. The Morgan fingerprint density at radius 2 is 1.46 bits per heavy atom. The minimum absolute atomic E-state index is 0.0655. The van der Waals surface area contributed by atoms with Crippen molar-refractivity contribution in [1.29, 1.82) is 0 Å². The molecule has 0 aromatic heterocycles. The molecule has 0 bridgehead atoms. The number of amides is 2. The van der Waals surface area contributed by atoms with E-state index in [4.69, 9.17) is 0 Å². The first kappa shape index (κ1) is 18.4. The van der Waals surface area contributed by atoms with Crippen LogP contribution >= 0.6 is 0 Å². The number of aromatic carboxylic acids is 1. The van der Waals surface area contributed by atoms with Crippen molar-refractivity contribution in [2.75, 3.05) is 45.8 Å². The SMILES string of the molecule is O=C(O)c1ccccc1CC(=O)N1CCN(CC(=O)N2CCCC2)CC1. The normalized spacial score (nSPS) is 18.2. The minimum atomic E-state index is -1.02. The monoisotopic (exact) mass is 359 g/mol. The van der Waals surface area contributed by atoms with E-state index in [-0.39, 0.29) is 23.8 Å². The van der Waals surface area contributed by atoms with Gasteiger partial charge in [0.15, 0.2) is 0 Å². The molecule has 0 saturated carbocycles. The maximum Gasteiger partial charge on any atom is 0.335 e. The van der Waals surface area contributed by atoms with Crippen LogP contribution in [-0.4, -0.2) is 83.4 Å². The Bertz CT molecular complexity index is 677. The molecule has 7 nitrogen and oxygen atoms in total. The summed E-state index contributed by atoms with van der Waals surface area (Å²) in [6, 6.07) is 6.61. The van der Waals surface area contributed by atoms with Gasteiger partial charge in [-0.05, 0) is 24.5 Å². The molecule has 0 spiro atoms. The number of rotatable bonds is 5. The number of piperazine rings is 1. The van der Waals surface area contributed by atoms with Gasteiger partial charge in [-0.2, -0.15) is 0 Å². The Morgan fingerprint density at radius 1 is 0.846 bits per heavy atom. The number of hydrogen-bond donors (Lipinski definition) is 1. The molecule has 1 aromatic rings. The van der Waals surface area contributed by atoms with Crippen molar-refractivity contribution in [3.63, 3.8) is 0 Å². The van der Waals surface area contributed by atoms with Crippen LogP contribution in [0.1, 0.15) is 28.8 Å². The Morgan fingerprint density at radius 3 is 2.12 bits per heavy atom. The first-order valence-electron chi connectivity index (χ1n) is 9.13. The van der Waals surface area contributed by atoms with Crippen molar-refractivity contribution < 1.29 is 19.5 Å². The zero-order chi connectivity index (χ0) is 18.5. The van der Waals surface area contributed by atoms with E-state index in [9.17, 15) is 19.5 Å². The van der Waals surface area contributed by atoms with Gasteiger partial charge in [0.05, 0.1) is 18.5 Å². The van der Waals surface area contributed by atoms with E-state index < -0.39 is 5.97 Å². The molecule has 2 heterocycles. The molecule has 0 radical (unpaired) electrons. The predicted octanol–water partition coefficient (Wildman–Crippen LogP) is 0.694. The maximum atomic E-state index is 12.5. The van der Waals surface area contributed by atoms with Gasteiger partial charge in [0.2, 0.25) is 11.8 Å². The minimum Gasteiger partial charge on any atom is -0.478 e. The summed E-state index contributed by atoms with van der Waals surface area (Å²) in [5.74, 6) is -0.902. The number of likely N-dealkylation sites (tertiary alicyclic amines) is 1. The molecule has 3 rings (SSSR count). The summed E-state index contributed by atoms with van der Waals surface area (Å²) in [7, 11) is 0. The van der Waals surface area contributed by atoms with Crippen LogP contribution in [-0.2, 0) is 16.0 Å². The van der Waals surface area contributed by atoms with E-state index in [0.717, 1.165) is 25.9 Å². The van der Waals surface area contributed by atoms with Gasteiger partial charge in [-0.1, -0.05) is 18.2 Å². The van der Waals surface area contributed by atoms with Gasteiger partial charge >= 0.3 is 5.97 Å². The molecule has 2 aliphatic rings. The van der Waals surface area contributed by atoms with Crippen LogP contribution in [0.25, 0.3) is 0 Å². The molecule has 0 atom stereocenters. The zero-order valence-corrected chi connectivity index (χ0v) is 14.9. The van der Waals surface area contributed by atoms with Gasteiger partial charge in [0.25, 0.3) is 0 Å². The van der Waals surface area contributed by atoms with Gasteiger partial charge in [-0.25, -0.2) is 4.79 Å². The summed E-state index contributed by atoms with van der Waals surface area (Å²) < 4.78 is 0. The summed E-state index contributed by atoms with van der Waals surface area (Å²) >= 11 is 0. The summed E-state index contributed by atoms with van der Waals surface area (Å²) in [5, 5.41) is 9.23.